The maximum absolute atomic E-state index is 13.6. The maximum Gasteiger partial charge on any atom is 0.258 e. The van der Waals surface area contributed by atoms with E-state index in [4.69, 9.17) is 9.47 Å². The number of fused-ring (bicyclic) bond motifs is 2. The number of amides is 2. The van der Waals surface area contributed by atoms with Gasteiger partial charge in [-0.15, -0.1) is 0 Å². The molecule has 3 aromatic rings. The third-order valence-electron chi connectivity index (χ3n) is 6.08. The third-order valence-corrected chi connectivity index (χ3v) is 6.08. The molecule has 0 N–H and O–H groups in total. The Morgan fingerprint density at radius 1 is 0.938 bits per heavy atom. The standard InChI is InChI=1S/C26H24N2O4/c1-17-14-23(28(18(2)29)20-8-4-3-5-9-20)21-10-6-7-11-22(21)27(17)26(30)19-12-13-24-25(15-19)32-16-31-24/h3-13,15,17,23H,14,16H2,1-2H3/t17-,23+/m0/s1. The lowest BCUT2D eigenvalue weighted by Gasteiger charge is -2.43. The number of anilines is 2. The Kier molecular flexibility index (Phi) is 5.05. The Morgan fingerprint density at radius 2 is 1.66 bits per heavy atom. The van der Waals surface area contributed by atoms with Crippen LogP contribution >= 0.6 is 0 Å². The Hall–Kier alpha value is -3.80. The minimum Gasteiger partial charge on any atom is -0.454 e. The van der Waals surface area contributed by atoms with Gasteiger partial charge in [-0.3, -0.25) is 9.59 Å². The van der Waals surface area contributed by atoms with Crippen molar-refractivity contribution in [2.75, 3.05) is 16.6 Å². The highest BCUT2D eigenvalue weighted by Crippen LogP contribution is 2.43. The summed E-state index contributed by atoms with van der Waals surface area (Å²) in [6.07, 6.45) is 0.627. The summed E-state index contributed by atoms with van der Waals surface area (Å²) in [7, 11) is 0. The second-order valence-corrected chi connectivity index (χ2v) is 8.13. The molecule has 0 unspecified atom stereocenters. The largest absolute Gasteiger partial charge is 0.454 e. The van der Waals surface area contributed by atoms with Crippen molar-refractivity contribution >= 4 is 23.2 Å². The molecule has 0 aliphatic carbocycles. The molecule has 2 amide bonds. The van der Waals surface area contributed by atoms with Crippen molar-refractivity contribution in [2.45, 2.75) is 32.4 Å². The van der Waals surface area contributed by atoms with Crippen LogP contribution in [0.15, 0.2) is 72.8 Å². The van der Waals surface area contributed by atoms with Gasteiger partial charge in [-0.25, -0.2) is 0 Å². The van der Waals surface area contributed by atoms with Crippen molar-refractivity contribution < 1.29 is 19.1 Å². The van der Waals surface area contributed by atoms with Crippen LogP contribution < -0.4 is 19.3 Å². The molecule has 32 heavy (non-hydrogen) atoms. The fourth-order valence-electron chi connectivity index (χ4n) is 4.67. The summed E-state index contributed by atoms with van der Waals surface area (Å²) in [5, 5.41) is 0. The van der Waals surface area contributed by atoms with E-state index in [0.29, 0.717) is 23.5 Å². The molecular weight excluding hydrogens is 404 g/mol. The van der Waals surface area contributed by atoms with Gasteiger partial charge >= 0.3 is 0 Å². The van der Waals surface area contributed by atoms with E-state index < -0.39 is 0 Å². The third kappa shape index (κ3) is 3.38. The van der Waals surface area contributed by atoms with Gasteiger partial charge < -0.3 is 19.3 Å². The van der Waals surface area contributed by atoms with Crippen molar-refractivity contribution in [3.8, 4) is 11.5 Å². The zero-order valence-electron chi connectivity index (χ0n) is 18.0. The van der Waals surface area contributed by atoms with Crippen molar-refractivity contribution in [3.05, 3.63) is 83.9 Å². The highest BCUT2D eigenvalue weighted by atomic mass is 16.7. The van der Waals surface area contributed by atoms with Gasteiger partial charge in [0, 0.05) is 29.9 Å². The minimum atomic E-state index is -0.165. The van der Waals surface area contributed by atoms with E-state index in [9.17, 15) is 9.59 Å². The summed E-state index contributed by atoms with van der Waals surface area (Å²) in [6, 6.07) is 22.5. The highest BCUT2D eigenvalue weighted by Gasteiger charge is 2.38. The fraction of sp³-hybridized carbons (Fsp3) is 0.231. The zero-order chi connectivity index (χ0) is 22.2. The summed E-state index contributed by atoms with van der Waals surface area (Å²) in [5.41, 5.74) is 3.17. The molecule has 2 aliphatic rings. The van der Waals surface area contributed by atoms with Gasteiger partial charge in [-0.05, 0) is 55.3 Å². The first-order valence-electron chi connectivity index (χ1n) is 10.7. The van der Waals surface area contributed by atoms with Crippen LogP contribution in [0.25, 0.3) is 0 Å². The van der Waals surface area contributed by atoms with Crippen LogP contribution in [0.1, 0.15) is 42.2 Å². The molecule has 0 radical (unpaired) electrons. The van der Waals surface area contributed by atoms with Crippen LogP contribution in [-0.2, 0) is 4.79 Å². The number of para-hydroxylation sites is 2. The topological polar surface area (TPSA) is 59.1 Å². The van der Waals surface area contributed by atoms with E-state index in [1.54, 1.807) is 25.1 Å². The first-order chi connectivity index (χ1) is 15.5. The number of benzene rings is 3. The van der Waals surface area contributed by atoms with Gasteiger partial charge in [0.1, 0.15) is 0 Å². The van der Waals surface area contributed by atoms with E-state index in [2.05, 4.69) is 0 Å². The summed E-state index contributed by atoms with van der Waals surface area (Å²) in [4.78, 5) is 30.0. The number of nitrogens with zero attached hydrogens (tertiary/aromatic N) is 2. The van der Waals surface area contributed by atoms with Crippen molar-refractivity contribution in [1.82, 2.24) is 0 Å². The van der Waals surface area contributed by atoms with E-state index in [0.717, 1.165) is 16.9 Å². The summed E-state index contributed by atoms with van der Waals surface area (Å²) >= 11 is 0. The summed E-state index contributed by atoms with van der Waals surface area (Å²) < 4.78 is 10.8. The molecule has 2 atom stereocenters. The maximum atomic E-state index is 13.6. The van der Waals surface area contributed by atoms with Crippen LogP contribution in [0.2, 0.25) is 0 Å². The van der Waals surface area contributed by atoms with Gasteiger partial charge in [-0.1, -0.05) is 36.4 Å². The molecule has 0 spiro atoms. The molecule has 0 fully saturated rings. The monoisotopic (exact) mass is 428 g/mol. The van der Waals surface area contributed by atoms with E-state index in [1.165, 1.54) is 0 Å². The SMILES string of the molecule is CC(=O)N(c1ccccc1)[C@@H]1C[C@H](C)N(C(=O)c2ccc3c(c2)OCO3)c2ccccc21. The zero-order valence-corrected chi connectivity index (χ0v) is 18.0. The fourth-order valence-corrected chi connectivity index (χ4v) is 4.67. The second-order valence-electron chi connectivity index (χ2n) is 8.13. The lowest BCUT2D eigenvalue weighted by Crippen LogP contribution is -2.47. The molecule has 0 bridgehead atoms. The predicted molar refractivity (Wildman–Crippen MR) is 122 cm³/mol. The summed E-state index contributed by atoms with van der Waals surface area (Å²) in [5.74, 6) is 1.10. The Bertz CT molecular complexity index is 1180. The molecule has 6 heteroatoms. The summed E-state index contributed by atoms with van der Waals surface area (Å²) in [6.45, 7) is 3.78. The lowest BCUT2D eigenvalue weighted by atomic mass is 9.89. The quantitative estimate of drug-likeness (QED) is 0.592. The van der Waals surface area contributed by atoms with Crippen LogP contribution in [0.3, 0.4) is 0 Å². The van der Waals surface area contributed by atoms with E-state index >= 15 is 0 Å². The molecular formula is C26H24N2O4. The smallest absolute Gasteiger partial charge is 0.258 e. The Labute approximate surface area is 187 Å². The Morgan fingerprint density at radius 3 is 2.44 bits per heavy atom. The van der Waals surface area contributed by atoms with Gasteiger partial charge in [-0.2, -0.15) is 0 Å². The van der Waals surface area contributed by atoms with Crippen LogP contribution in [0, 0.1) is 0 Å². The van der Waals surface area contributed by atoms with Crippen LogP contribution in [-0.4, -0.2) is 24.6 Å². The number of hydrogen-bond donors (Lipinski definition) is 0. The molecule has 6 nitrogen and oxygen atoms in total. The molecule has 0 saturated heterocycles. The minimum absolute atomic E-state index is 0.0289. The van der Waals surface area contributed by atoms with E-state index in [1.807, 2.05) is 71.3 Å². The predicted octanol–water partition coefficient (Wildman–Crippen LogP) is 4.95. The molecule has 2 heterocycles. The Balaban J connectivity index is 1.55. The van der Waals surface area contributed by atoms with Crippen molar-refractivity contribution in [2.24, 2.45) is 0 Å². The first-order valence-corrected chi connectivity index (χ1v) is 10.7. The average molecular weight is 428 g/mol. The number of ether oxygens (including phenoxy) is 2. The molecule has 3 aromatic carbocycles. The normalized spacial score (nSPS) is 18.8. The van der Waals surface area contributed by atoms with Gasteiger partial charge in [0.25, 0.3) is 5.91 Å². The number of rotatable bonds is 3. The highest BCUT2D eigenvalue weighted by molar-refractivity contribution is 6.08. The number of carbonyl (C=O) groups is 2. The average Bonchev–Trinajstić information content (AvgIpc) is 3.27. The first kappa shape index (κ1) is 20.1. The van der Waals surface area contributed by atoms with Gasteiger partial charge in [0.15, 0.2) is 11.5 Å². The van der Waals surface area contributed by atoms with E-state index in [-0.39, 0.29) is 30.7 Å². The van der Waals surface area contributed by atoms with Crippen LogP contribution in [0.5, 0.6) is 11.5 Å². The van der Waals surface area contributed by atoms with Crippen molar-refractivity contribution in [3.63, 3.8) is 0 Å². The van der Waals surface area contributed by atoms with Crippen LogP contribution in [0.4, 0.5) is 11.4 Å². The molecule has 0 aromatic heterocycles. The van der Waals surface area contributed by atoms with Gasteiger partial charge in [0.2, 0.25) is 12.7 Å². The second kappa shape index (κ2) is 8.04. The number of hydrogen-bond acceptors (Lipinski definition) is 4. The van der Waals surface area contributed by atoms with Gasteiger partial charge in [0.05, 0.1) is 6.04 Å². The lowest BCUT2D eigenvalue weighted by molar-refractivity contribution is -0.117. The molecule has 2 aliphatic heterocycles. The molecule has 5 rings (SSSR count). The van der Waals surface area contributed by atoms with Crippen molar-refractivity contribution in [1.29, 1.82) is 0 Å². The number of carbonyl (C=O) groups excluding carboxylic acids is 2. The molecule has 162 valence electrons. The molecule has 0 saturated carbocycles.